The predicted molar refractivity (Wildman–Crippen MR) is 105 cm³/mol. The van der Waals surface area contributed by atoms with Crippen molar-refractivity contribution in [1.82, 2.24) is 0 Å². The van der Waals surface area contributed by atoms with Crippen molar-refractivity contribution in [2.45, 2.75) is 53.4 Å². The highest BCUT2D eigenvalue weighted by molar-refractivity contribution is 5.66. The van der Waals surface area contributed by atoms with Gasteiger partial charge in [0.15, 0.2) is 11.6 Å². The smallest absolute Gasteiger partial charge is 0.168 e. The molecule has 0 aliphatic rings. The van der Waals surface area contributed by atoms with Crippen LogP contribution in [0.25, 0.3) is 11.1 Å². The quantitative estimate of drug-likeness (QED) is 0.475. The van der Waals surface area contributed by atoms with Crippen molar-refractivity contribution < 1.29 is 9.13 Å². The molecule has 0 N–H and O–H groups in total. The van der Waals surface area contributed by atoms with E-state index in [9.17, 15) is 4.39 Å². The number of hydrogen-bond donors (Lipinski definition) is 0. The Labute approximate surface area is 152 Å². The number of benzene rings is 2. The van der Waals surface area contributed by atoms with Gasteiger partial charge in [-0.1, -0.05) is 70.4 Å². The van der Waals surface area contributed by atoms with Gasteiger partial charge in [-0.3, -0.25) is 0 Å². The zero-order chi connectivity index (χ0) is 18.2. The second-order valence-corrected chi connectivity index (χ2v) is 7.54. The van der Waals surface area contributed by atoms with Crippen molar-refractivity contribution in [3.63, 3.8) is 0 Å². The lowest BCUT2D eigenvalue weighted by Crippen LogP contribution is -2.06. The Morgan fingerprint density at radius 1 is 0.920 bits per heavy atom. The van der Waals surface area contributed by atoms with Crippen LogP contribution < -0.4 is 4.74 Å². The second-order valence-electron chi connectivity index (χ2n) is 7.54. The fourth-order valence-electron chi connectivity index (χ4n) is 3.03. The molecular weight excluding hydrogens is 311 g/mol. The van der Waals surface area contributed by atoms with Crippen LogP contribution in [-0.2, 0) is 0 Å². The van der Waals surface area contributed by atoms with Crippen molar-refractivity contribution in [1.29, 1.82) is 0 Å². The van der Waals surface area contributed by atoms with Gasteiger partial charge in [0.1, 0.15) is 0 Å². The van der Waals surface area contributed by atoms with Crippen molar-refractivity contribution in [3.8, 4) is 16.9 Å². The monoisotopic (exact) mass is 342 g/mol. The lowest BCUT2D eigenvalue weighted by Gasteiger charge is -2.15. The molecule has 0 saturated carbocycles. The summed E-state index contributed by atoms with van der Waals surface area (Å²) in [5, 5.41) is 0. The number of ether oxygens (including phenoxy) is 1. The first-order valence-electron chi connectivity index (χ1n) is 9.45. The third-order valence-corrected chi connectivity index (χ3v) is 4.67. The van der Waals surface area contributed by atoms with Crippen molar-refractivity contribution in [2.24, 2.45) is 11.8 Å². The van der Waals surface area contributed by atoms with Crippen LogP contribution in [-0.4, -0.2) is 6.61 Å². The maximum Gasteiger partial charge on any atom is 0.168 e. The van der Waals surface area contributed by atoms with Gasteiger partial charge < -0.3 is 4.74 Å². The van der Waals surface area contributed by atoms with E-state index in [0.29, 0.717) is 23.8 Å². The van der Waals surface area contributed by atoms with E-state index in [0.717, 1.165) is 23.5 Å². The summed E-state index contributed by atoms with van der Waals surface area (Å²) in [4.78, 5) is 0. The SMILES string of the molecule is Cc1cc(-c2ccccc2)cc(OCCC(C)CCCC(C)C)c1F. The van der Waals surface area contributed by atoms with Gasteiger partial charge >= 0.3 is 0 Å². The molecule has 0 amide bonds. The third kappa shape index (κ3) is 6.19. The summed E-state index contributed by atoms with van der Waals surface area (Å²) in [5.74, 6) is 1.50. The molecule has 2 heteroatoms. The number of hydrogen-bond acceptors (Lipinski definition) is 1. The predicted octanol–water partition coefficient (Wildman–Crippen LogP) is 7.03. The molecule has 2 aromatic carbocycles. The van der Waals surface area contributed by atoms with Crippen LogP contribution in [0.15, 0.2) is 42.5 Å². The summed E-state index contributed by atoms with van der Waals surface area (Å²) in [7, 11) is 0. The molecular formula is C23H31FO. The molecule has 2 rings (SSSR count). The highest BCUT2D eigenvalue weighted by atomic mass is 19.1. The molecule has 2 aromatic rings. The Morgan fingerprint density at radius 3 is 2.32 bits per heavy atom. The van der Waals surface area contributed by atoms with Gasteiger partial charge in [-0.25, -0.2) is 4.39 Å². The first-order valence-corrected chi connectivity index (χ1v) is 9.45. The molecule has 0 aliphatic carbocycles. The van der Waals surface area contributed by atoms with Gasteiger partial charge in [0.2, 0.25) is 0 Å². The van der Waals surface area contributed by atoms with E-state index in [4.69, 9.17) is 4.74 Å². The minimum atomic E-state index is -0.243. The van der Waals surface area contributed by atoms with Crippen LogP contribution in [0, 0.1) is 24.6 Å². The summed E-state index contributed by atoms with van der Waals surface area (Å²) in [6, 6.07) is 13.7. The molecule has 0 aliphatic heterocycles. The zero-order valence-corrected chi connectivity index (χ0v) is 16.0. The van der Waals surface area contributed by atoms with Crippen LogP contribution >= 0.6 is 0 Å². The van der Waals surface area contributed by atoms with Crippen molar-refractivity contribution in [3.05, 3.63) is 53.8 Å². The maximum atomic E-state index is 14.4. The standard InChI is InChI=1S/C23H31FO/c1-17(2)9-8-10-18(3)13-14-25-22-16-21(15-19(4)23(22)24)20-11-6-5-7-12-20/h5-7,11-12,15-18H,8-10,13-14H2,1-4H3. The van der Waals surface area contributed by atoms with Crippen molar-refractivity contribution >= 4 is 0 Å². The van der Waals surface area contributed by atoms with Gasteiger partial charge in [0.25, 0.3) is 0 Å². The third-order valence-electron chi connectivity index (χ3n) is 4.67. The number of aryl methyl sites for hydroxylation is 1. The number of rotatable bonds is 9. The van der Waals surface area contributed by atoms with E-state index >= 15 is 0 Å². The van der Waals surface area contributed by atoms with Crippen LogP contribution in [0.3, 0.4) is 0 Å². The number of halogens is 1. The summed E-state index contributed by atoms with van der Waals surface area (Å²) in [6.07, 6.45) is 4.72. The van der Waals surface area contributed by atoms with Gasteiger partial charge in [0.05, 0.1) is 6.61 Å². The Morgan fingerprint density at radius 2 is 1.64 bits per heavy atom. The first-order chi connectivity index (χ1) is 12.0. The van der Waals surface area contributed by atoms with E-state index in [1.165, 1.54) is 19.3 Å². The molecule has 0 saturated heterocycles. The lowest BCUT2D eigenvalue weighted by atomic mass is 9.98. The average Bonchev–Trinajstić information content (AvgIpc) is 2.59. The molecule has 0 bridgehead atoms. The molecule has 0 fully saturated rings. The maximum absolute atomic E-state index is 14.4. The lowest BCUT2D eigenvalue weighted by molar-refractivity contribution is 0.264. The second kappa shape index (κ2) is 9.60. The molecule has 136 valence electrons. The Hall–Kier alpha value is -1.83. The normalized spacial score (nSPS) is 12.4. The van der Waals surface area contributed by atoms with E-state index in [2.05, 4.69) is 20.8 Å². The van der Waals surface area contributed by atoms with Gasteiger partial charge in [-0.15, -0.1) is 0 Å². The fourth-order valence-corrected chi connectivity index (χ4v) is 3.03. The Kier molecular flexibility index (Phi) is 7.49. The van der Waals surface area contributed by atoms with E-state index in [1.54, 1.807) is 6.92 Å². The van der Waals surface area contributed by atoms with Gasteiger partial charge in [0, 0.05) is 0 Å². The first kappa shape index (κ1) is 19.5. The molecule has 0 heterocycles. The molecule has 0 radical (unpaired) electrons. The largest absolute Gasteiger partial charge is 0.490 e. The molecule has 0 aromatic heterocycles. The minimum absolute atomic E-state index is 0.243. The molecule has 1 nitrogen and oxygen atoms in total. The Balaban J connectivity index is 1.94. The average molecular weight is 342 g/mol. The van der Waals surface area contributed by atoms with Crippen LogP contribution in [0.5, 0.6) is 5.75 Å². The minimum Gasteiger partial charge on any atom is -0.490 e. The molecule has 25 heavy (non-hydrogen) atoms. The molecule has 1 unspecified atom stereocenters. The fraction of sp³-hybridized carbons (Fsp3) is 0.478. The van der Waals surface area contributed by atoms with Crippen LogP contribution in [0.2, 0.25) is 0 Å². The highest BCUT2D eigenvalue weighted by Gasteiger charge is 2.11. The highest BCUT2D eigenvalue weighted by Crippen LogP contribution is 2.29. The van der Waals surface area contributed by atoms with Crippen LogP contribution in [0.1, 0.15) is 52.0 Å². The van der Waals surface area contributed by atoms with Crippen LogP contribution in [0.4, 0.5) is 4.39 Å². The van der Waals surface area contributed by atoms with E-state index < -0.39 is 0 Å². The topological polar surface area (TPSA) is 9.23 Å². The summed E-state index contributed by atoms with van der Waals surface area (Å²) >= 11 is 0. The van der Waals surface area contributed by atoms with E-state index in [1.807, 2.05) is 42.5 Å². The molecule has 1 atom stereocenters. The Bertz CT molecular complexity index is 649. The van der Waals surface area contributed by atoms with Crippen molar-refractivity contribution in [2.75, 3.05) is 6.61 Å². The molecule has 0 spiro atoms. The summed E-state index contributed by atoms with van der Waals surface area (Å²) in [6.45, 7) is 9.14. The van der Waals surface area contributed by atoms with Gasteiger partial charge in [-0.05, 0) is 54.0 Å². The summed E-state index contributed by atoms with van der Waals surface area (Å²) in [5.41, 5.74) is 2.71. The summed E-state index contributed by atoms with van der Waals surface area (Å²) < 4.78 is 20.2. The van der Waals surface area contributed by atoms with E-state index in [-0.39, 0.29) is 5.82 Å². The zero-order valence-electron chi connectivity index (χ0n) is 16.0. The van der Waals surface area contributed by atoms with Gasteiger partial charge in [-0.2, -0.15) is 0 Å².